The van der Waals surface area contributed by atoms with E-state index in [4.69, 9.17) is 10.5 Å². The average molecular weight is 396 g/mol. The van der Waals surface area contributed by atoms with Gasteiger partial charge in [-0.2, -0.15) is 0 Å². The molecule has 6 heteroatoms. The van der Waals surface area contributed by atoms with Gasteiger partial charge < -0.3 is 15.8 Å². The molecule has 0 spiro atoms. The van der Waals surface area contributed by atoms with E-state index >= 15 is 0 Å². The maximum atomic E-state index is 13.0. The number of hydrogen-bond acceptors (Lipinski definition) is 4. The lowest BCUT2D eigenvalue weighted by molar-refractivity contribution is -0.118. The van der Waals surface area contributed by atoms with Crippen LogP contribution in [0.25, 0.3) is 0 Å². The lowest BCUT2D eigenvalue weighted by Crippen LogP contribution is -2.39. The smallest absolute Gasteiger partial charge is 0.243 e. The van der Waals surface area contributed by atoms with Crippen LogP contribution in [0, 0.1) is 5.82 Å². The number of nitrogens with one attached hydrogen (secondary N) is 1. The Hall–Kier alpha value is -2.67. The SMILES string of the molecule is NC(COCc1ccccc1)C(=O)Nc1ccc(Sc2ccc(F)cc2)cc1. The van der Waals surface area contributed by atoms with Gasteiger partial charge in [0.1, 0.15) is 11.9 Å². The van der Waals surface area contributed by atoms with Crippen LogP contribution < -0.4 is 11.1 Å². The van der Waals surface area contributed by atoms with Crippen molar-refractivity contribution >= 4 is 23.4 Å². The molecule has 3 rings (SSSR count). The summed E-state index contributed by atoms with van der Waals surface area (Å²) in [5, 5.41) is 2.79. The molecule has 0 aliphatic heterocycles. The van der Waals surface area contributed by atoms with Crippen molar-refractivity contribution in [2.45, 2.75) is 22.4 Å². The quantitative estimate of drug-likeness (QED) is 0.590. The number of benzene rings is 3. The van der Waals surface area contributed by atoms with Crippen LogP contribution in [0.15, 0.2) is 88.7 Å². The van der Waals surface area contributed by atoms with Crippen molar-refractivity contribution in [1.29, 1.82) is 0 Å². The van der Waals surface area contributed by atoms with Crippen molar-refractivity contribution in [2.24, 2.45) is 5.73 Å². The molecule has 4 nitrogen and oxygen atoms in total. The van der Waals surface area contributed by atoms with Crippen LogP contribution in [0.5, 0.6) is 0 Å². The summed E-state index contributed by atoms with van der Waals surface area (Å²) >= 11 is 1.52. The predicted molar refractivity (Wildman–Crippen MR) is 110 cm³/mol. The fourth-order valence-corrected chi connectivity index (χ4v) is 3.25. The van der Waals surface area contributed by atoms with E-state index in [1.165, 1.54) is 23.9 Å². The number of carbonyl (C=O) groups is 1. The van der Waals surface area contributed by atoms with Crippen molar-refractivity contribution in [1.82, 2.24) is 0 Å². The minimum Gasteiger partial charge on any atom is -0.375 e. The van der Waals surface area contributed by atoms with E-state index in [2.05, 4.69) is 5.32 Å². The van der Waals surface area contributed by atoms with Crippen LogP contribution in [0.2, 0.25) is 0 Å². The molecule has 3 aromatic rings. The number of halogens is 1. The third kappa shape index (κ3) is 6.20. The summed E-state index contributed by atoms with van der Waals surface area (Å²) in [7, 11) is 0. The first-order valence-corrected chi connectivity index (χ1v) is 9.63. The van der Waals surface area contributed by atoms with Gasteiger partial charge in [0.05, 0.1) is 13.2 Å². The molecular weight excluding hydrogens is 375 g/mol. The average Bonchev–Trinajstić information content (AvgIpc) is 2.72. The van der Waals surface area contributed by atoms with Crippen LogP contribution in [-0.2, 0) is 16.1 Å². The molecule has 3 aromatic carbocycles. The van der Waals surface area contributed by atoms with Gasteiger partial charge in [0, 0.05) is 15.5 Å². The molecule has 0 radical (unpaired) electrons. The number of carbonyl (C=O) groups excluding carboxylic acids is 1. The molecule has 0 bridgehead atoms. The van der Waals surface area contributed by atoms with Gasteiger partial charge in [-0.15, -0.1) is 0 Å². The lowest BCUT2D eigenvalue weighted by atomic mass is 10.2. The molecule has 0 fully saturated rings. The van der Waals surface area contributed by atoms with E-state index in [1.807, 2.05) is 42.5 Å². The molecule has 0 heterocycles. The fourth-order valence-electron chi connectivity index (χ4n) is 2.43. The second-order valence-corrected chi connectivity index (χ2v) is 7.32. The van der Waals surface area contributed by atoms with Gasteiger partial charge in [0.25, 0.3) is 0 Å². The minimum atomic E-state index is -0.753. The lowest BCUT2D eigenvalue weighted by Gasteiger charge is -2.13. The van der Waals surface area contributed by atoms with Gasteiger partial charge in [-0.3, -0.25) is 4.79 Å². The first kappa shape index (κ1) is 20.1. The molecule has 0 aromatic heterocycles. The second kappa shape index (κ2) is 10.0. The summed E-state index contributed by atoms with van der Waals surface area (Å²) in [5.74, 6) is -0.557. The van der Waals surface area contributed by atoms with E-state index in [-0.39, 0.29) is 18.3 Å². The number of ether oxygens (including phenoxy) is 1. The highest BCUT2D eigenvalue weighted by Gasteiger charge is 2.14. The Morgan fingerprint density at radius 1 is 0.964 bits per heavy atom. The van der Waals surface area contributed by atoms with Crippen LogP contribution in [0.4, 0.5) is 10.1 Å². The van der Waals surface area contributed by atoms with E-state index < -0.39 is 6.04 Å². The first-order chi connectivity index (χ1) is 13.6. The number of anilines is 1. The number of nitrogens with two attached hydrogens (primary N) is 1. The maximum absolute atomic E-state index is 13.0. The molecule has 0 saturated heterocycles. The molecule has 0 aliphatic carbocycles. The van der Waals surface area contributed by atoms with E-state index in [0.717, 1.165) is 15.4 Å². The summed E-state index contributed by atoms with van der Waals surface area (Å²) in [4.78, 5) is 14.1. The summed E-state index contributed by atoms with van der Waals surface area (Å²) < 4.78 is 18.5. The van der Waals surface area contributed by atoms with Gasteiger partial charge in [-0.25, -0.2) is 4.39 Å². The topological polar surface area (TPSA) is 64.3 Å². The van der Waals surface area contributed by atoms with Gasteiger partial charge in [-0.05, 0) is 54.1 Å². The second-order valence-electron chi connectivity index (χ2n) is 6.18. The van der Waals surface area contributed by atoms with Crippen molar-refractivity contribution in [3.8, 4) is 0 Å². The highest BCUT2D eigenvalue weighted by Crippen LogP contribution is 2.28. The molecule has 1 atom stereocenters. The molecule has 144 valence electrons. The zero-order valence-corrected chi connectivity index (χ0v) is 16.0. The first-order valence-electron chi connectivity index (χ1n) is 8.82. The Kier molecular flexibility index (Phi) is 7.19. The molecule has 28 heavy (non-hydrogen) atoms. The normalized spacial score (nSPS) is 11.8. The standard InChI is InChI=1S/C22H21FN2O2S/c23-17-6-10-19(11-7-17)28-20-12-8-18(9-13-20)25-22(26)21(24)15-27-14-16-4-2-1-3-5-16/h1-13,21H,14-15,24H2,(H,25,26). The zero-order valence-electron chi connectivity index (χ0n) is 15.2. The minimum absolute atomic E-state index is 0.138. The van der Waals surface area contributed by atoms with Crippen LogP contribution >= 0.6 is 11.8 Å². The van der Waals surface area contributed by atoms with E-state index in [0.29, 0.717) is 12.3 Å². The predicted octanol–water partition coefficient (Wildman–Crippen LogP) is 4.46. The van der Waals surface area contributed by atoms with Crippen molar-refractivity contribution in [3.63, 3.8) is 0 Å². The summed E-state index contributed by atoms with van der Waals surface area (Å²) in [5.41, 5.74) is 7.59. The summed E-state index contributed by atoms with van der Waals surface area (Å²) in [6.07, 6.45) is 0. The van der Waals surface area contributed by atoms with Gasteiger partial charge in [0.15, 0.2) is 0 Å². The Bertz CT molecular complexity index is 887. The Labute approximate surface area is 167 Å². The number of rotatable bonds is 8. The Balaban J connectivity index is 1.46. The molecule has 1 amide bonds. The third-order valence-corrected chi connectivity index (χ3v) is 4.93. The highest BCUT2D eigenvalue weighted by molar-refractivity contribution is 7.99. The Morgan fingerprint density at radius 3 is 2.21 bits per heavy atom. The number of hydrogen-bond donors (Lipinski definition) is 2. The summed E-state index contributed by atoms with van der Waals surface area (Å²) in [6, 6.07) is 22.7. The van der Waals surface area contributed by atoms with E-state index in [9.17, 15) is 9.18 Å². The van der Waals surface area contributed by atoms with Gasteiger partial charge in [-0.1, -0.05) is 42.1 Å². The van der Waals surface area contributed by atoms with E-state index in [1.54, 1.807) is 24.3 Å². The van der Waals surface area contributed by atoms with Gasteiger partial charge in [0.2, 0.25) is 5.91 Å². The molecular formula is C22H21FN2O2S. The Morgan fingerprint density at radius 2 is 1.57 bits per heavy atom. The van der Waals surface area contributed by atoms with Crippen molar-refractivity contribution in [3.05, 3.63) is 90.2 Å². The van der Waals surface area contributed by atoms with Crippen molar-refractivity contribution < 1.29 is 13.9 Å². The monoisotopic (exact) mass is 396 g/mol. The van der Waals surface area contributed by atoms with Crippen LogP contribution in [0.1, 0.15) is 5.56 Å². The molecule has 0 saturated carbocycles. The number of amides is 1. The van der Waals surface area contributed by atoms with Crippen molar-refractivity contribution in [2.75, 3.05) is 11.9 Å². The third-order valence-electron chi connectivity index (χ3n) is 3.92. The maximum Gasteiger partial charge on any atom is 0.243 e. The molecule has 3 N–H and O–H groups in total. The molecule has 0 aliphatic rings. The van der Waals surface area contributed by atoms with Gasteiger partial charge >= 0.3 is 0 Å². The highest BCUT2D eigenvalue weighted by atomic mass is 32.2. The fraction of sp³-hybridized carbons (Fsp3) is 0.136. The van der Waals surface area contributed by atoms with Crippen LogP contribution in [0.3, 0.4) is 0 Å². The zero-order chi connectivity index (χ0) is 19.8. The summed E-state index contributed by atoms with van der Waals surface area (Å²) in [6.45, 7) is 0.552. The molecule has 1 unspecified atom stereocenters. The largest absolute Gasteiger partial charge is 0.375 e. The van der Waals surface area contributed by atoms with Crippen LogP contribution in [-0.4, -0.2) is 18.6 Å².